The third kappa shape index (κ3) is 3.31. The molecule has 0 radical (unpaired) electrons. The molecule has 0 aliphatic carbocycles. The molecule has 0 unspecified atom stereocenters. The van der Waals surface area contributed by atoms with Gasteiger partial charge in [-0.25, -0.2) is 8.78 Å². The van der Waals surface area contributed by atoms with Crippen LogP contribution in [0.25, 0.3) is 0 Å². The average Bonchev–Trinajstić information content (AvgIpc) is 2.33. The summed E-state index contributed by atoms with van der Waals surface area (Å²) < 4.78 is 26.2. The third-order valence-corrected chi connectivity index (χ3v) is 3.19. The van der Waals surface area contributed by atoms with Gasteiger partial charge in [-0.1, -0.05) is 23.2 Å². The Hall–Kier alpha value is -1.45. The van der Waals surface area contributed by atoms with Crippen LogP contribution in [0.4, 0.5) is 8.78 Å². The molecule has 2 aromatic carbocycles. The Morgan fingerprint density at radius 3 is 2.47 bits per heavy atom. The van der Waals surface area contributed by atoms with Crippen molar-refractivity contribution in [3.8, 4) is 0 Å². The molecule has 2 rings (SSSR count). The van der Waals surface area contributed by atoms with E-state index in [4.69, 9.17) is 23.2 Å². The lowest BCUT2D eigenvalue weighted by atomic mass is 10.0. The maximum absolute atomic E-state index is 13.5. The van der Waals surface area contributed by atoms with Crippen LogP contribution >= 0.6 is 23.2 Å². The molecule has 0 atom stereocenters. The molecule has 0 amide bonds. The molecule has 0 N–H and O–H groups in total. The van der Waals surface area contributed by atoms with Gasteiger partial charge in [0.25, 0.3) is 0 Å². The fraction of sp³-hybridized carbons (Fsp3) is 0.0714. The molecule has 0 aliphatic rings. The summed E-state index contributed by atoms with van der Waals surface area (Å²) in [4.78, 5) is 11.9. The first-order valence-electron chi connectivity index (χ1n) is 5.39. The quantitative estimate of drug-likeness (QED) is 0.751. The third-order valence-electron chi connectivity index (χ3n) is 2.59. The molecule has 0 aliphatic heterocycles. The summed E-state index contributed by atoms with van der Waals surface area (Å²) in [5, 5.41) is 0.812. The zero-order valence-electron chi connectivity index (χ0n) is 9.59. The van der Waals surface area contributed by atoms with Crippen molar-refractivity contribution < 1.29 is 13.6 Å². The molecule has 5 heteroatoms. The SMILES string of the molecule is O=C(Cc1cc(Cl)ccc1Cl)c1ccc(F)cc1F. The van der Waals surface area contributed by atoms with E-state index < -0.39 is 17.4 Å². The summed E-state index contributed by atoms with van der Waals surface area (Å²) in [5.74, 6) is -2.10. The van der Waals surface area contributed by atoms with E-state index >= 15 is 0 Å². The van der Waals surface area contributed by atoms with Crippen molar-refractivity contribution in [3.63, 3.8) is 0 Å². The summed E-state index contributed by atoms with van der Waals surface area (Å²) in [7, 11) is 0. The molecule has 0 bridgehead atoms. The first kappa shape index (κ1) is 14.0. The van der Waals surface area contributed by atoms with Gasteiger partial charge in [-0.15, -0.1) is 0 Å². The highest BCUT2D eigenvalue weighted by Gasteiger charge is 2.14. The number of hydrogen-bond donors (Lipinski definition) is 0. The average molecular weight is 301 g/mol. The van der Waals surface area contributed by atoms with Crippen molar-refractivity contribution >= 4 is 29.0 Å². The van der Waals surface area contributed by atoms with Crippen LogP contribution in [0.2, 0.25) is 10.0 Å². The molecular weight excluding hydrogens is 293 g/mol. The van der Waals surface area contributed by atoms with Crippen molar-refractivity contribution in [3.05, 3.63) is 69.2 Å². The van der Waals surface area contributed by atoms with Gasteiger partial charge in [0.1, 0.15) is 11.6 Å². The molecule has 98 valence electrons. The molecule has 19 heavy (non-hydrogen) atoms. The van der Waals surface area contributed by atoms with E-state index in [0.29, 0.717) is 21.7 Å². The fourth-order valence-corrected chi connectivity index (χ4v) is 2.04. The zero-order chi connectivity index (χ0) is 14.0. The largest absolute Gasteiger partial charge is 0.294 e. The van der Waals surface area contributed by atoms with E-state index in [1.54, 1.807) is 18.2 Å². The van der Waals surface area contributed by atoms with Crippen LogP contribution < -0.4 is 0 Å². The second-order valence-corrected chi connectivity index (χ2v) is 4.80. The summed E-state index contributed by atoms with van der Waals surface area (Å²) in [6.45, 7) is 0. The Labute approximate surface area is 118 Å². The number of ketones is 1. The highest BCUT2D eigenvalue weighted by atomic mass is 35.5. The Morgan fingerprint density at radius 1 is 1.05 bits per heavy atom. The minimum absolute atomic E-state index is 0.0953. The van der Waals surface area contributed by atoms with Crippen LogP contribution in [0.3, 0.4) is 0 Å². The Morgan fingerprint density at radius 2 is 1.79 bits per heavy atom. The molecule has 2 aromatic rings. The standard InChI is InChI=1S/C14H8Cl2F2O/c15-9-1-4-12(16)8(5-9)6-14(19)11-3-2-10(17)7-13(11)18/h1-5,7H,6H2. The summed E-state index contributed by atoms with van der Waals surface area (Å²) in [5.41, 5.74) is 0.334. The summed E-state index contributed by atoms with van der Waals surface area (Å²) >= 11 is 11.7. The summed E-state index contributed by atoms with van der Waals surface area (Å²) in [6, 6.07) is 7.53. The van der Waals surface area contributed by atoms with Crippen LogP contribution in [0.15, 0.2) is 36.4 Å². The molecule has 0 saturated heterocycles. The van der Waals surface area contributed by atoms with Crippen molar-refractivity contribution in [2.45, 2.75) is 6.42 Å². The van der Waals surface area contributed by atoms with Gasteiger partial charge < -0.3 is 0 Å². The van der Waals surface area contributed by atoms with Gasteiger partial charge in [-0.05, 0) is 35.9 Å². The maximum atomic E-state index is 13.5. The number of benzene rings is 2. The number of Topliss-reactive ketones (excluding diaryl/α,β-unsaturated/α-hetero) is 1. The van der Waals surface area contributed by atoms with Gasteiger partial charge in [0.2, 0.25) is 0 Å². The number of carbonyl (C=O) groups is 1. The van der Waals surface area contributed by atoms with E-state index in [9.17, 15) is 13.6 Å². The van der Waals surface area contributed by atoms with E-state index in [1.807, 2.05) is 0 Å². The smallest absolute Gasteiger partial charge is 0.170 e. The summed E-state index contributed by atoms with van der Waals surface area (Å²) in [6.07, 6.45) is -0.0953. The minimum Gasteiger partial charge on any atom is -0.294 e. The first-order valence-corrected chi connectivity index (χ1v) is 6.15. The van der Waals surface area contributed by atoms with Gasteiger partial charge in [0.15, 0.2) is 5.78 Å². The lowest BCUT2D eigenvalue weighted by Crippen LogP contribution is -2.07. The van der Waals surface area contributed by atoms with Gasteiger partial charge in [0, 0.05) is 22.5 Å². The van der Waals surface area contributed by atoms with Crippen molar-refractivity contribution in [2.75, 3.05) is 0 Å². The Balaban J connectivity index is 2.28. The minimum atomic E-state index is -0.886. The van der Waals surface area contributed by atoms with Crippen LogP contribution in [0.5, 0.6) is 0 Å². The fourth-order valence-electron chi connectivity index (χ4n) is 1.66. The normalized spacial score (nSPS) is 10.5. The highest BCUT2D eigenvalue weighted by Crippen LogP contribution is 2.22. The van der Waals surface area contributed by atoms with Crippen LogP contribution in [0, 0.1) is 11.6 Å². The molecule has 0 spiro atoms. The lowest BCUT2D eigenvalue weighted by molar-refractivity contribution is 0.0989. The maximum Gasteiger partial charge on any atom is 0.170 e. The molecule has 0 aromatic heterocycles. The van der Waals surface area contributed by atoms with Gasteiger partial charge in [-0.2, -0.15) is 0 Å². The Kier molecular flexibility index (Phi) is 4.17. The van der Waals surface area contributed by atoms with E-state index in [1.165, 1.54) is 0 Å². The molecular formula is C14H8Cl2F2O. The predicted octanol–water partition coefficient (Wildman–Crippen LogP) is 4.70. The number of hydrogen-bond acceptors (Lipinski definition) is 1. The monoisotopic (exact) mass is 300 g/mol. The van der Waals surface area contributed by atoms with Crippen LogP contribution in [0.1, 0.15) is 15.9 Å². The lowest BCUT2D eigenvalue weighted by Gasteiger charge is -2.05. The van der Waals surface area contributed by atoms with E-state index in [-0.39, 0.29) is 12.0 Å². The van der Waals surface area contributed by atoms with Crippen molar-refractivity contribution in [2.24, 2.45) is 0 Å². The molecule has 0 fully saturated rings. The number of rotatable bonds is 3. The molecule has 0 heterocycles. The number of halogens is 4. The van der Waals surface area contributed by atoms with Gasteiger partial charge in [-0.3, -0.25) is 4.79 Å². The second-order valence-electron chi connectivity index (χ2n) is 3.96. The van der Waals surface area contributed by atoms with E-state index in [0.717, 1.165) is 12.1 Å². The van der Waals surface area contributed by atoms with Crippen LogP contribution in [-0.4, -0.2) is 5.78 Å². The van der Waals surface area contributed by atoms with Gasteiger partial charge >= 0.3 is 0 Å². The van der Waals surface area contributed by atoms with Crippen molar-refractivity contribution in [1.29, 1.82) is 0 Å². The Bertz CT molecular complexity index is 641. The molecule has 0 saturated carbocycles. The highest BCUT2D eigenvalue weighted by molar-refractivity contribution is 6.33. The van der Waals surface area contributed by atoms with Crippen molar-refractivity contribution in [1.82, 2.24) is 0 Å². The molecule has 1 nitrogen and oxygen atoms in total. The first-order chi connectivity index (χ1) is 8.97. The van der Waals surface area contributed by atoms with E-state index in [2.05, 4.69) is 0 Å². The number of carbonyl (C=O) groups excluding carboxylic acids is 1. The van der Waals surface area contributed by atoms with Crippen LogP contribution in [-0.2, 0) is 6.42 Å². The van der Waals surface area contributed by atoms with Gasteiger partial charge in [0.05, 0.1) is 5.56 Å². The second kappa shape index (κ2) is 5.68. The zero-order valence-corrected chi connectivity index (χ0v) is 11.1. The topological polar surface area (TPSA) is 17.1 Å². The predicted molar refractivity (Wildman–Crippen MR) is 70.9 cm³/mol.